The van der Waals surface area contributed by atoms with Gasteiger partial charge in [0.1, 0.15) is 11.5 Å². The molecule has 0 amide bonds. The summed E-state index contributed by atoms with van der Waals surface area (Å²) in [5.74, 6) is 1.26. The average Bonchev–Trinajstić information content (AvgIpc) is 2.98. The van der Waals surface area contributed by atoms with Crippen LogP contribution in [0.15, 0.2) is 34.8 Å². The third-order valence-corrected chi connectivity index (χ3v) is 6.07. The highest BCUT2D eigenvalue weighted by Gasteiger charge is 2.56. The highest BCUT2D eigenvalue weighted by Crippen LogP contribution is 2.49. The van der Waals surface area contributed by atoms with Crippen LogP contribution >= 0.6 is 11.6 Å². The van der Waals surface area contributed by atoms with Gasteiger partial charge in [0.15, 0.2) is 5.22 Å². The van der Waals surface area contributed by atoms with E-state index >= 15 is 0 Å². The fourth-order valence-electron chi connectivity index (χ4n) is 4.11. The molecule has 0 spiro atoms. The van der Waals surface area contributed by atoms with E-state index < -0.39 is 11.5 Å². The Morgan fingerprint density at radius 3 is 2.74 bits per heavy atom. The van der Waals surface area contributed by atoms with Gasteiger partial charge in [-0.15, -0.1) is 0 Å². The lowest BCUT2D eigenvalue weighted by Crippen LogP contribution is -2.44. The third kappa shape index (κ3) is 2.57. The van der Waals surface area contributed by atoms with E-state index in [1.54, 1.807) is 6.08 Å². The average molecular weight is 336 g/mol. The number of Topliss-reactive ketones (excluding diaryl/α,β-unsaturated/α-hetero) is 1. The molecule has 4 rings (SSSR count). The van der Waals surface area contributed by atoms with E-state index in [4.69, 9.17) is 16.3 Å². The molecule has 1 saturated carbocycles. The molecule has 0 aromatic rings. The highest BCUT2D eigenvalue weighted by molar-refractivity contribution is 6.28. The molecule has 2 aliphatic heterocycles. The Morgan fingerprint density at radius 2 is 2.09 bits per heavy atom. The molecule has 0 bridgehead atoms. The smallest absolute Gasteiger partial charge is 0.193 e. The van der Waals surface area contributed by atoms with Crippen molar-refractivity contribution < 1.29 is 14.6 Å². The maximum atomic E-state index is 12.5. The molecule has 3 atom stereocenters. The Kier molecular flexibility index (Phi) is 3.67. The Hall–Kier alpha value is -1.10. The van der Waals surface area contributed by atoms with Crippen LogP contribution in [0, 0.1) is 11.3 Å². The van der Waals surface area contributed by atoms with E-state index in [-0.39, 0.29) is 11.7 Å². The number of fused-ring (bicyclic) bond motifs is 1. The van der Waals surface area contributed by atoms with Gasteiger partial charge in [-0.2, -0.15) is 0 Å². The van der Waals surface area contributed by atoms with Crippen LogP contribution in [0.1, 0.15) is 32.6 Å². The Bertz CT molecular complexity index is 630. The molecule has 4 nitrogen and oxygen atoms in total. The van der Waals surface area contributed by atoms with Crippen molar-refractivity contribution in [1.82, 2.24) is 4.90 Å². The van der Waals surface area contributed by atoms with Gasteiger partial charge in [0.25, 0.3) is 0 Å². The van der Waals surface area contributed by atoms with E-state index in [9.17, 15) is 9.90 Å². The number of hydrogen-bond acceptors (Lipinski definition) is 4. The minimum Gasteiger partial charge on any atom is -0.445 e. The molecule has 5 heteroatoms. The lowest BCUT2D eigenvalue weighted by Gasteiger charge is -2.37. The zero-order chi connectivity index (χ0) is 16.2. The number of halogens is 1. The van der Waals surface area contributed by atoms with E-state index in [0.29, 0.717) is 17.7 Å². The third-order valence-electron chi connectivity index (χ3n) is 5.87. The minimum absolute atomic E-state index is 0.105. The summed E-state index contributed by atoms with van der Waals surface area (Å²) in [6, 6.07) is 0.337. The zero-order valence-corrected chi connectivity index (χ0v) is 14.1. The summed E-state index contributed by atoms with van der Waals surface area (Å²) < 4.78 is 5.57. The van der Waals surface area contributed by atoms with Crippen LogP contribution in [0.3, 0.4) is 0 Å². The topological polar surface area (TPSA) is 49.8 Å². The normalized spacial score (nSPS) is 37.4. The number of likely N-dealkylation sites (tertiary alicyclic amines) is 1. The molecule has 2 aliphatic carbocycles. The molecule has 124 valence electrons. The van der Waals surface area contributed by atoms with Gasteiger partial charge in [-0.25, -0.2) is 0 Å². The Balaban J connectivity index is 1.38. The van der Waals surface area contributed by atoms with Crippen molar-refractivity contribution in [3.05, 3.63) is 34.8 Å². The second kappa shape index (κ2) is 5.47. The number of nitrogens with zero attached hydrogens (tertiary/aromatic N) is 1. The lowest BCUT2D eigenvalue weighted by atomic mass is 9.84. The number of aliphatic hydroxyl groups excluding tert-OH is 1. The second-order valence-electron chi connectivity index (χ2n) is 7.33. The number of allylic oxidation sites excluding steroid dienone is 2. The van der Waals surface area contributed by atoms with Crippen LogP contribution < -0.4 is 0 Å². The molecule has 0 aromatic heterocycles. The van der Waals surface area contributed by atoms with Crippen LogP contribution in [0.4, 0.5) is 0 Å². The van der Waals surface area contributed by atoms with Gasteiger partial charge in [-0.1, -0.05) is 6.92 Å². The Labute approximate surface area is 141 Å². The van der Waals surface area contributed by atoms with Gasteiger partial charge in [0.2, 0.25) is 0 Å². The molecular formula is C18H22ClNO3. The standard InChI is InChI=1S/C18H22ClNO3/c1-18(10-15(18)21)17(22)11-6-8-20(9-7-11)13-3-4-14-12(13)2-5-16(19)23-14/h2,4-5,11,13,15,21H,3,6-10H2,1H3. The van der Waals surface area contributed by atoms with Crippen molar-refractivity contribution in [1.29, 1.82) is 0 Å². The molecule has 1 N–H and O–H groups in total. The summed E-state index contributed by atoms with van der Waals surface area (Å²) in [7, 11) is 0. The van der Waals surface area contributed by atoms with Crippen LogP contribution in [-0.2, 0) is 9.53 Å². The van der Waals surface area contributed by atoms with Crippen molar-refractivity contribution in [3.63, 3.8) is 0 Å². The molecule has 23 heavy (non-hydrogen) atoms. The summed E-state index contributed by atoms with van der Waals surface area (Å²) in [5, 5.41) is 10.1. The first-order valence-electron chi connectivity index (χ1n) is 8.41. The van der Waals surface area contributed by atoms with Crippen molar-refractivity contribution in [2.45, 2.75) is 44.8 Å². The van der Waals surface area contributed by atoms with Gasteiger partial charge < -0.3 is 9.84 Å². The quantitative estimate of drug-likeness (QED) is 0.861. The summed E-state index contributed by atoms with van der Waals surface area (Å²) in [6.45, 7) is 3.74. The maximum Gasteiger partial charge on any atom is 0.193 e. The summed E-state index contributed by atoms with van der Waals surface area (Å²) in [6.07, 6.45) is 8.88. The van der Waals surface area contributed by atoms with Gasteiger partial charge in [-0.05, 0) is 68.6 Å². The van der Waals surface area contributed by atoms with Gasteiger partial charge in [-0.3, -0.25) is 9.69 Å². The molecule has 1 saturated heterocycles. The first kappa shape index (κ1) is 15.4. The largest absolute Gasteiger partial charge is 0.445 e. The van der Waals surface area contributed by atoms with Crippen LogP contribution in [-0.4, -0.2) is 41.0 Å². The fourth-order valence-corrected chi connectivity index (χ4v) is 4.25. The summed E-state index contributed by atoms with van der Waals surface area (Å²) in [5.41, 5.74) is 0.736. The number of aliphatic hydroxyl groups is 1. The SMILES string of the molecule is CC1(C(=O)C2CCN(C3CC=C4OC(Cl)=CC=C43)CC2)CC1O. The summed E-state index contributed by atoms with van der Waals surface area (Å²) in [4.78, 5) is 15.0. The van der Waals surface area contributed by atoms with E-state index in [0.717, 1.165) is 38.1 Å². The summed E-state index contributed by atoms with van der Waals surface area (Å²) >= 11 is 5.91. The second-order valence-corrected chi connectivity index (χ2v) is 7.70. The molecule has 0 radical (unpaired) electrons. The number of piperidine rings is 1. The molecule has 2 heterocycles. The first-order valence-corrected chi connectivity index (χ1v) is 8.79. The number of ketones is 1. The number of ether oxygens (including phenoxy) is 1. The van der Waals surface area contributed by atoms with E-state index in [1.165, 1.54) is 5.57 Å². The number of rotatable bonds is 3. The van der Waals surface area contributed by atoms with E-state index in [1.807, 2.05) is 13.0 Å². The first-order chi connectivity index (χ1) is 11.0. The number of carbonyl (C=O) groups excluding carboxylic acids is 1. The molecule has 0 aromatic carbocycles. The minimum atomic E-state index is -0.462. The lowest BCUT2D eigenvalue weighted by molar-refractivity contribution is -0.130. The van der Waals surface area contributed by atoms with Crippen molar-refractivity contribution in [3.8, 4) is 0 Å². The van der Waals surface area contributed by atoms with Crippen LogP contribution in [0.5, 0.6) is 0 Å². The van der Waals surface area contributed by atoms with Crippen molar-refractivity contribution >= 4 is 17.4 Å². The molecule has 2 fully saturated rings. The molecular weight excluding hydrogens is 314 g/mol. The van der Waals surface area contributed by atoms with Gasteiger partial charge in [0.05, 0.1) is 11.5 Å². The Morgan fingerprint density at radius 1 is 1.39 bits per heavy atom. The van der Waals surface area contributed by atoms with Gasteiger partial charge >= 0.3 is 0 Å². The maximum absolute atomic E-state index is 12.5. The predicted molar refractivity (Wildman–Crippen MR) is 87.6 cm³/mol. The van der Waals surface area contributed by atoms with Crippen molar-refractivity contribution in [2.24, 2.45) is 11.3 Å². The van der Waals surface area contributed by atoms with E-state index in [2.05, 4.69) is 11.0 Å². The van der Waals surface area contributed by atoms with Crippen LogP contribution in [0.25, 0.3) is 0 Å². The van der Waals surface area contributed by atoms with Crippen LogP contribution in [0.2, 0.25) is 0 Å². The molecule has 4 aliphatic rings. The predicted octanol–water partition coefficient (Wildman–Crippen LogP) is 2.73. The van der Waals surface area contributed by atoms with Crippen molar-refractivity contribution in [2.75, 3.05) is 13.1 Å². The highest BCUT2D eigenvalue weighted by atomic mass is 35.5. The zero-order valence-electron chi connectivity index (χ0n) is 13.3. The van der Waals surface area contributed by atoms with Gasteiger partial charge in [0, 0.05) is 17.5 Å². The fraction of sp³-hybridized carbons (Fsp3) is 0.611. The number of carbonyl (C=O) groups is 1. The number of hydrogen-bond donors (Lipinski definition) is 1. The monoisotopic (exact) mass is 335 g/mol. The molecule has 3 unspecified atom stereocenters.